The standard InChI is InChI=1S/C14H29N3/c1-2-7-16-8-10-17(11-9-16)14-6-4-3-5-13(14)12-15/h13-14H,2-12,15H2,1H3. The lowest BCUT2D eigenvalue weighted by Gasteiger charge is -2.44. The maximum atomic E-state index is 5.94. The molecule has 1 aliphatic heterocycles. The van der Waals surface area contributed by atoms with Gasteiger partial charge < -0.3 is 10.6 Å². The Hall–Kier alpha value is -0.120. The highest BCUT2D eigenvalue weighted by Crippen LogP contribution is 2.28. The van der Waals surface area contributed by atoms with Crippen molar-refractivity contribution >= 4 is 0 Å². The minimum absolute atomic E-state index is 0.765. The zero-order valence-corrected chi connectivity index (χ0v) is 11.4. The Morgan fingerprint density at radius 2 is 1.76 bits per heavy atom. The largest absolute Gasteiger partial charge is 0.330 e. The fourth-order valence-electron chi connectivity index (χ4n) is 3.58. The number of hydrogen-bond acceptors (Lipinski definition) is 3. The van der Waals surface area contributed by atoms with Gasteiger partial charge in [0, 0.05) is 32.2 Å². The number of nitrogens with two attached hydrogens (primary N) is 1. The van der Waals surface area contributed by atoms with Gasteiger partial charge in [-0.3, -0.25) is 4.90 Å². The summed E-state index contributed by atoms with van der Waals surface area (Å²) in [5.41, 5.74) is 5.94. The maximum absolute atomic E-state index is 5.94. The third-order valence-corrected chi connectivity index (χ3v) is 4.59. The van der Waals surface area contributed by atoms with Crippen LogP contribution in [0.25, 0.3) is 0 Å². The van der Waals surface area contributed by atoms with Crippen LogP contribution in [0.1, 0.15) is 39.0 Å². The van der Waals surface area contributed by atoms with E-state index in [9.17, 15) is 0 Å². The SMILES string of the molecule is CCCN1CCN(C2CCCCC2CN)CC1. The molecule has 2 rings (SSSR count). The van der Waals surface area contributed by atoms with E-state index < -0.39 is 0 Å². The molecule has 1 heterocycles. The molecule has 2 N–H and O–H groups in total. The Bertz CT molecular complexity index is 212. The van der Waals surface area contributed by atoms with Crippen LogP contribution in [0.3, 0.4) is 0 Å². The molecule has 1 aliphatic carbocycles. The van der Waals surface area contributed by atoms with Crippen LogP contribution in [0.15, 0.2) is 0 Å². The van der Waals surface area contributed by atoms with Crippen LogP contribution < -0.4 is 5.73 Å². The fraction of sp³-hybridized carbons (Fsp3) is 1.00. The molecule has 100 valence electrons. The second-order valence-electron chi connectivity index (χ2n) is 5.73. The number of nitrogens with zero attached hydrogens (tertiary/aromatic N) is 2. The summed E-state index contributed by atoms with van der Waals surface area (Å²) >= 11 is 0. The molecule has 0 spiro atoms. The van der Waals surface area contributed by atoms with Gasteiger partial charge in [-0.25, -0.2) is 0 Å². The summed E-state index contributed by atoms with van der Waals surface area (Å²) in [6, 6.07) is 0.789. The molecule has 17 heavy (non-hydrogen) atoms. The molecule has 0 aromatic carbocycles. The van der Waals surface area contributed by atoms with Gasteiger partial charge in [0.2, 0.25) is 0 Å². The van der Waals surface area contributed by atoms with E-state index in [1.54, 1.807) is 0 Å². The molecule has 0 aromatic heterocycles. The van der Waals surface area contributed by atoms with Crippen LogP contribution in [0.2, 0.25) is 0 Å². The quantitative estimate of drug-likeness (QED) is 0.807. The topological polar surface area (TPSA) is 32.5 Å². The highest BCUT2D eigenvalue weighted by atomic mass is 15.3. The Morgan fingerprint density at radius 3 is 2.41 bits per heavy atom. The summed E-state index contributed by atoms with van der Waals surface area (Å²) in [6.07, 6.45) is 6.84. The molecule has 0 bridgehead atoms. The van der Waals surface area contributed by atoms with Crippen LogP contribution in [-0.2, 0) is 0 Å². The van der Waals surface area contributed by atoms with Gasteiger partial charge >= 0.3 is 0 Å². The average molecular weight is 239 g/mol. The van der Waals surface area contributed by atoms with Crippen molar-refractivity contribution in [2.24, 2.45) is 11.7 Å². The van der Waals surface area contributed by atoms with E-state index in [1.165, 1.54) is 64.8 Å². The Morgan fingerprint density at radius 1 is 1.06 bits per heavy atom. The minimum Gasteiger partial charge on any atom is -0.330 e. The molecule has 0 amide bonds. The summed E-state index contributed by atoms with van der Waals surface area (Å²) in [5, 5.41) is 0. The van der Waals surface area contributed by atoms with E-state index in [0.717, 1.165) is 18.5 Å². The molecule has 2 unspecified atom stereocenters. The van der Waals surface area contributed by atoms with Crippen molar-refractivity contribution < 1.29 is 0 Å². The highest BCUT2D eigenvalue weighted by Gasteiger charge is 2.30. The molecular formula is C14H29N3. The van der Waals surface area contributed by atoms with E-state index in [-0.39, 0.29) is 0 Å². The monoisotopic (exact) mass is 239 g/mol. The van der Waals surface area contributed by atoms with Crippen molar-refractivity contribution in [1.82, 2.24) is 9.80 Å². The van der Waals surface area contributed by atoms with Gasteiger partial charge in [-0.1, -0.05) is 19.8 Å². The van der Waals surface area contributed by atoms with Gasteiger partial charge in [0.05, 0.1) is 0 Å². The zero-order valence-electron chi connectivity index (χ0n) is 11.4. The first-order chi connectivity index (χ1) is 8.35. The first kappa shape index (κ1) is 13.3. The summed E-state index contributed by atoms with van der Waals surface area (Å²) in [5.74, 6) is 0.765. The summed E-state index contributed by atoms with van der Waals surface area (Å²) in [4.78, 5) is 5.33. The molecule has 0 radical (unpaired) electrons. The van der Waals surface area contributed by atoms with Gasteiger partial charge in [-0.15, -0.1) is 0 Å². The van der Waals surface area contributed by atoms with Crippen LogP contribution in [0, 0.1) is 5.92 Å². The summed E-state index contributed by atoms with van der Waals surface area (Å²) in [7, 11) is 0. The molecule has 0 aromatic rings. The lowest BCUT2D eigenvalue weighted by atomic mass is 9.83. The van der Waals surface area contributed by atoms with Crippen molar-refractivity contribution in [1.29, 1.82) is 0 Å². The van der Waals surface area contributed by atoms with Crippen LogP contribution >= 0.6 is 0 Å². The molecule has 3 heteroatoms. The van der Waals surface area contributed by atoms with Gasteiger partial charge in [0.25, 0.3) is 0 Å². The van der Waals surface area contributed by atoms with Gasteiger partial charge in [-0.05, 0) is 38.3 Å². The Balaban J connectivity index is 1.82. The van der Waals surface area contributed by atoms with Crippen LogP contribution in [0.4, 0.5) is 0 Å². The van der Waals surface area contributed by atoms with Crippen molar-refractivity contribution in [3.8, 4) is 0 Å². The van der Waals surface area contributed by atoms with E-state index in [2.05, 4.69) is 16.7 Å². The van der Waals surface area contributed by atoms with Crippen molar-refractivity contribution in [3.05, 3.63) is 0 Å². The van der Waals surface area contributed by atoms with Crippen LogP contribution in [0.5, 0.6) is 0 Å². The number of hydrogen-bond donors (Lipinski definition) is 1. The first-order valence-electron chi connectivity index (χ1n) is 7.51. The third kappa shape index (κ3) is 3.43. The average Bonchev–Trinajstić information content (AvgIpc) is 2.40. The first-order valence-corrected chi connectivity index (χ1v) is 7.51. The number of rotatable bonds is 4. The second kappa shape index (κ2) is 6.72. The molecule has 3 nitrogen and oxygen atoms in total. The minimum atomic E-state index is 0.765. The van der Waals surface area contributed by atoms with Gasteiger partial charge in [0.15, 0.2) is 0 Å². The van der Waals surface area contributed by atoms with Crippen LogP contribution in [-0.4, -0.2) is 55.1 Å². The molecule has 2 aliphatic rings. The molecular weight excluding hydrogens is 210 g/mol. The lowest BCUT2D eigenvalue weighted by molar-refractivity contribution is 0.0519. The summed E-state index contributed by atoms with van der Waals surface area (Å²) < 4.78 is 0. The van der Waals surface area contributed by atoms with E-state index in [4.69, 9.17) is 5.73 Å². The smallest absolute Gasteiger partial charge is 0.0137 e. The third-order valence-electron chi connectivity index (χ3n) is 4.59. The summed E-state index contributed by atoms with van der Waals surface area (Å²) in [6.45, 7) is 9.50. The highest BCUT2D eigenvalue weighted by molar-refractivity contribution is 4.86. The Kier molecular flexibility index (Phi) is 5.26. The molecule has 1 saturated carbocycles. The molecule has 2 atom stereocenters. The second-order valence-corrected chi connectivity index (χ2v) is 5.73. The predicted molar refractivity (Wildman–Crippen MR) is 73.1 cm³/mol. The van der Waals surface area contributed by atoms with Gasteiger partial charge in [0.1, 0.15) is 0 Å². The van der Waals surface area contributed by atoms with Crippen molar-refractivity contribution in [2.45, 2.75) is 45.1 Å². The normalized spacial score (nSPS) is 32.8. The fourth-order valence-corrected chi connectivity index (χ4v) is 3.58. The van der Waals surface area contributed by atoms with Gasteiger partial charge in [-0.2, -0.15) is 0 Å². The number of piperazine rings is 1. The molecule has 2 fully saturated rings. The van der Waals surface area contributed by atoms with E-state index in [0.29, 0.717) is 0 Å². The van der Waals surface area contributed by atoms with Crippen molar-refractivity contribution in [3.63, 3.8) is 0 Å². The Labute approximate surface area is 106 Å². The van der Waals surface area contributed by atoms with E-state index in [1.807, 2.05) is 0 Å². The zero-order chi connectivity index (χ0) is 12.1. The predicted octanol–water partition coefficient (Wildman–Crippen LogP) is 1.53. The molecule has 1 saturated heterocycles. The van der Waals surface area contributed by atoms with E-state index >= 15 is 0 Å². The van der Waals surface area contributed by atoms with Crippen molar-refractivity contribution in [2.75, 3.05) is 39.3 Å². The lowest BCUT2D eigenvalue weighted by Crippen LogP contribution is -2.54. The maximum Gasteiger partial charge on any atom is 0.0137 e.